The third-order valence-corrected chi connectivity index (χ3v) is 3.33. The van der Waals surface area contributed by atoms with Crippen molar-refractivity contribution in [2.45, 2.75) is 50.7 Å². The molecular formula is C10H19ClFN. The van der Waals surface area contributed by atoms with Gasteiger partial charge in [-0.25, -0.2) is 4.39 Å². The molecule has 2 aliphatic rings. The van der Waals surface area contributed by atoms with E-state index in [0.29, 0.717) is 5.92 Å². The van der Waals surface area contributed by atoms with Gasteiger partial charge in [-0.3, -0.25) is 0 Å². The fourth-order valence-electron chi connectivity index (χ4n) is 2.65. The Labute approximate surface area is 85.9 Å². The van der Waals surface area contributed by atoms with Crippen molar-refractivity contribution in [2.75, 3.05) is 6.54 Å². The van der Waals surface area contributed by atoms with Crippen molar-refractivity contribution >= 4 is 12.4 Å². The minimum atomic E-state index is -0.568. The first-order valence-electron chi connectivity index (χ1n) is 5.25. The first-order valence-corrected chi connectivity index (χ1v) is 5.25. The van der Waals surface area contributed by atoms with Crippen molar-refractivity contribution in [3.63, 3.8) is 0 Å². The molecule has 1 nitrogen and oxygen atoms in total. The molecule has 0 amide bonds. The maximum absolute atomic E-state index is 13.4. The quantitative estimate of drug-likeness (QED) is 0.697. The van der Waals surface area contributed by atoms with Gasteiger partial charge < -0.3 is 5.32 Å². The zero-order valence-electron chi connectivity index (χ0n) is 7.97. The lowest BCUT2D eigenvalue weighted by atomic mass is 9.89. The first-order chi connectivity index (χ1) is 5.88. The third-order valence-electron chi connectivity index (χ3n) is 3.33. The zero-order valence-corrected chi connectivity index (χ0v) is 8.78. The van der Waals surface area contributed by atoms with E-state index in [9.17, 15) is 4.39 Å². The number of nitrogens with one attached hydrogen (secondary N) is 1. The first kappa shape index (κ1) is 11.3. The maximum Gasteiger partial charge on any atom is 0.116 e. The molecular weight excluding hydrogens is 189 g/mol. The highest BCUT2D eigenvalue weighted by atomic mass is 35.5. The average Bonchev–Trinajstić information content (AvgIpc) is 2.57. The monoisotopic (exact) mass is 207 g/mol. The smallest absolute Gasteiger partial charge is 0.116 e. The third kappa shape index (κ3) is 2.57. The van der Waals surface area contributed by atoms with Gasteiger partial charge in [-0.15, -0.1) is 12.4 Å². The van der Waals surface area contributed by atoms with Crippen LogP contribution in [0.1, 0.15) is 38.5 Å². The molecule has 0 aromatic heterocycles. The average molecular weight is 208 g/mol. The van der Waals surface area contributed by atoms with Gasteiger partial charge >= 0.3 is 0 Å². The maximum atomic E-state index is 13.4. The molecule has 1 saturated heterocycles. The summed E-state index contributed by atoms with van der Waals surface area (Å²) in [7, 11) is 0. The number of piperidine rings is 1. The van der Waals surface area contributed by atoms with Gasteiger partial charge in [0.1, 0.15) is 6.17 Å². The van der Waals surface area contributed by atoms with E-state index in [-0.39, 0.29) is 18.4 Å². The normalized spacial score (nSPS) is 35.8. The highest BCUT2D eigenvalue weighted by molar-refractivity contribution is 5.85. The zero-order chi connectivity index (χ0) is 8.39. The van der Waals surface area contributed by atoms with E-state index in [1.54, 1.807) is 0 Å². The van der Waals surface area contributed by atoms with Crippen molar-refractivity contribution in [3.8, 4) is 0 Å². The molecule has 0 bridgehead atoms. The lowest BCUT2D eigenvalue weighted by Crippen LogP contribution is -2.46. The minimum Gasteiger partial charge on any atom is -0.311 e. The van der Waals surface area contributed by atoms with Crippen LogP contribution in [0.25, 0.3) is 0 Å². The highest BCUT2D eigenvalue weighted by Gasteiger charge is 2.32. The lowest BCUT2D eigenvalue weighted by molar-refractivity contribution is 0.154. The van der Waals surface area contributed by atoms with E-state index < -0.39 is 6.17 Å². The molecule has 13 heavy (non-hydrogen) atoms. The van der Waals surface area contributed by atoms with Crippen LogP contribution < -0.4 is 5.32 Å². The number of hydrogen-bond donors (Lipinski definition) is 1. The highest BCUT2D eigenvalue weighted by Crippen LogP contribution is 2.32. The summed E-state index contributed by atoms with van der Waals surface area (Å²) < 4.78 is 13.4. The van der Waals surface area contributed by atoms with Gasteiger partial charge in [-0.05, 0) is 38.1 Å². The predicted molar refractivity (Wildman–Crippen MR) is 55.1 cm³/mol. The Morgan fingerprint density at radius 3 is 2.31 bits per heavy atom. The Balaban J connectivity index is 0.000000845. The topological polar surface area (TPSA) is 12.0 Å². The molecule has 2 atom stereocenters. The van der Waals surface area contributed by atoms with Gasteiger partial charge in [0.2, 0.25) is 0 Å². The van der Waals surface area contributed by atoms with E-state index in [1.807, 2.05) is 0 Å². The van der Waals surface area contributed by atoms with Crippen molar-refractivity contribution < 1.29 is 4.39 Å². The van der Waals surface area contributed by atoms with Gasteiger partial charge in [0.05, 0.1) is 0 Å². The summed E-state index contributed by atoms with van der Waals surface area (Å²) in [5, 5.41) is 3.34. The minimum absolute atomic E-state index is 0. The molecule has 2 unspecified atom stereocenters. The lowest BCUT2D eigenvalue weighted by Gasteiger charge is -2.31. The Bertz CT molecular complexity index is 148. The summed E-state index contributed by atoms with van der Waals surface area (Å²) in [5.74, 6) is 0.639. The molecule has 2 rings (SSSR count). The van der Waals surface area contributed by atoms with Crippen LogP contribution in [0.15, 0.2) is 0 Å². The van der Waals surface area contributed by atoms with Crippen LogP contribution in [-0.2, 0) is 0 Å². The van der Waals surface area contributed by atoms with Crippen LogP contribution in [0.4, 0.5) is 4.39 Å². The second-order valence-corrected chi connectivity index (χ2v) is 4.18. The van der Waals surface area contributed by atoms with Crippen molar-refractivity contribution in [3.05, 3.63) is 0 Å². The molecule has 1 N–H and O–H groups in total. The Hall–Kier alpha value is 0.180. The molecule has 1 aliphatic heterocycles. The van der Waals surface area contributed by atoms with Gasteiger partial charge in [-0.2, -0.15) is 0 Å². The summed E-state index contributed by atoms with van der Waals surface area (Å²) in [4.78, 5) is 0. The number of halogens is 2. The Morgan fingerprint density at radius 2 is 1.69 bits per heavy atom. The van der Waals surface area contributed by atoms with Crippen molar-refractivity contribution in [1.29, 1.82) is 0 Å². The largest absolute Gasteiger partial charge is 0.311 e. The molecule has 2 fully saturated rings. The fraction of sp³-hybridized carbons (Fsp3) is 1.00. The van der Waals surface area contributed by atoms with Gasteiger partial charge in [0, 0.05) is 6.04 Å². The van der Waals surface area contributed by atoms with Crippen LogP contribution in [0.2, 0.25) is 0 Å². The van der Waals surface area contributed by atoms with E-state index in [1.165, 1.54) is 25.7 Å². The molecule has 0 radical (unpaired) electrons. The van der Waals surface area contributed by atoms with Crippen molar-refractivity contribution in [2.24, 2.45) is 5.92 Å². The second-order valence-electron chi connectivity index (χ2n) is 4.18. The molecule has 1 saturated carbocycles. The number of hydrogen-bond acceptors (Lipinski definition) is 1. The molecule has 78 valence electrons. The standard InChI is InChI=1S/C10H18FN.ClH/c11-9-6-3-7-12-10(9)8-4-1-2-5-8;/h8-10,12H,1-7H2;1H. The molecule has 0 aromatic carbocycles. The predicted octanol–water partition coefficient (Wildman–Crippen LogP) is 2.69. The van der Waals surface area contributed by atoms with E-state index in [0.717, 1.165) is 19.4 Å². The Morgan fingerprint density at radius 1 is 1.00 bits per heavy atom. The summed E-state index contributed by atoms with van der Waals surface area (Å²) in [6.07, 6.45) is 6.36. The molecule has 3 heteroatoms. The summed E-state index contributed by atoms with van der Waals surface area (Å²) in [6, 6.07) is 0.196. The fourth-order valence-corrected chi connectivity index (χ4v) is 2.65. The number of alkyl halides is 1. The molecule has 1 aliphatic carbocycles. The van der Waals surface area contributed by atoms with Crippen molar-refractivity contribution in [1.82, 2.24) is 5.32 Å². The second kappa shape index (κ2) is 5.16. The van der Waals surface area contributed by atoms with Gasteiger partial charge in [0.15, 0.2) is 0 Å². The van der Waals surface area contributed by atoms with E-state index >= 15 is 0 Å². The molecule has 0 spiro atoms. The van der Waals surface area contributed by atoms with Crippen LogP contribution >= 0.6 is 12.4 Å². The Kier molecular flexibility index (Phi) is 4.47. The van der Waals surface area contributed by atoms with E-state index in [4.69, 9.17) is 0 Å². The molecule has 0 aromatic rings. The van der Waals surface area contributed by atoms with Crippen LogP contribution in [0.3, 0.4) is 0 Å². The summed E-state index contributed by atoms with van der Waals surface area (Å²) >= 11 is 0. The summed E-state index contributed by atoms with van der Waals surface area (Å²) in [6.45, 7) is 1.03. The van der Waals surface area contributed by atoms with E-state index in [2.05, 4.69) is 5.32 Å². The number of rotatable bonds is 1. The van der Waals surface area contributed by atoms with Gasteiger partial charge in [0.25, 0.3) is 0 Å². The van der Waals surface area contributed by atoms with Gasteiger partial charge in [-0.1, -0.05) is 12.8 Å². The SMILES string of the molecule is Cl.FC1CCCNC1C1CCCC1. The molecule has 1 heterocycles. The van der Waals surface area contributed by atoms with Crippen LogP contribution in [0.5, 0.6) is 0 Å². The summed E-state index contributed by atoms with van der Waals surface area (Å²) in [5.41, 5.74) is 0. The van der Waals surface area contributed by atoms with Crippen LogP contribution in [0, 0.1) is 5.92 Å². The van der Waals surface area contributed by atoms with Crippen LogP contribution in [-0.4, -0.2) is 18.8 Å².